The van der Waals surface area contributed by atoms with Crippen molar-refractivity contribution in [2.75, 3.05) is 0 Å². The molecule has 0 amide bonds. The van der Waals surface area contributed by atoms with Gasteiger partial charge >= 0.3 is 5.97 Å². The summed E-state index contributed by atoms with van der Waals surface area (Å²) in [6.45, 7) is 5.69. The van der Waals surface area contributed by atoms with E-state index in [9.17, 15) is 9.18 Å². The van der Waals surface area contributed by atoms with Crippen LogP contribution in [0.25, 0.3) is 5.65 Å². The van der Waals surface area contributed by atoms with Gasteiger partial charge in [0.2, 0.25) is 0 Å². The number of aromatic nitrogens is 3. The Morgan fingerprint density at radius 1 is 1.41 bits per heavy atom. The van der Waals surface area contributed by atoms with Crippen LogP contribution in [0, 0.1) is 5.82 Å². The van der Waals surface area contributed by atoms with Gasteiger partial charge in [0.15, 0.2) is 5.65 Å². The molecule has 0 bridgehead atoms. The van der Waals surface area contributed by atoms with Gasteiger partial charge in [-0.05, 0) is 6.07 Å². The first kappa shape index (κ1) is 11.5. The maximum Gasteiger partial charge on any atom is 0.339 e. The topological polar surface area (TPSA) is 67.5 Å². The van der Waals surface area contributed by atoms with Gasteiger partial charge in [0.25, 0.3) is 0 Å². The van der Waals surface area contributed by atoms with Crippen molar-refractivity contribution in [1.82, 2.24) is 14.6 Å². The van der Waals surface area contributed by atoms with Crippen molar-refractivity contribution in [2.45, 2.75) is 26.2 Å². The van der Waals surface area contributed by atoms with E-state index < -0.39 is 11.8 Å². The van der Waals surface area contributed by atoms with Gasteiger partial charge in [0.05, 0.1) is 0 Å². The molecule has 2 aromatic rings. The summed E-state index contributed by atoms with van der Waals surface area (Å²) in [5.74, 6) is -1.32. The molecule has 0 unspecified atom stereocenters. The molecule has 2 heterocycles. The van der Waals surface area contributed by atoms with Gasteiger partial charge in [-0.2, -0.15) is 0 Å². The number of pyridine rings is 1. The van der Waals surface area contributed by atoms with Crippen molar-refractivity contribution >= 4 is 11.6 Å². The second-order valence-electron chi connectivity index (χ2n) is 4.84. The van der Waals surface area contributed by atoms with Crippen LogP contribution < -0.4 is 0 Å². The van der Waals surface area contributed by atoms with Crippen LogP contribution >= 0.6 is 0 Å². The normalized spacial score (nSPS) is 12.0. The first-order valence-corrected chi connectivity index (χ1v) is 5.09. The van der Waals surface area contributed by atoms with E-state index in [1.807, 2.05) is 20.8 Å². The molecule has 5 nitrogen and oxygen atoms in total. The van der Waals surface area contributed by atoms with Crippen molar-refractivity contribution in [1.29, 1.82) is 0 Å². The minimum atomic E-state index is -1.22. The van der Waals surface area contributed by atoms with Crippen molar-refractivity contribution in [2.24, 2.45) is 0 Å². The standard InChI is InChI=1S/C11H12FN3O2/c1-11(2,3)10-14-13-8-7(9(16)17)4-6(12)5-15(8)10/h4-5H,1-3H3,(H,16,17). The first-order chi connectivity index (χ1) is 7.80. The number of fused-ring (bicyclic) bond motifs is 1. The third kappa shape index (κ3) is 1.86. The number of rotatable bonds is 1. The fraction of sp³-hybridized carbons (Fsp3) is 0.364. The second-order valence-corrected chi connectivity index (χ2v) is 4.84. The van der Waals surface area contributed by atoms with Crippen molar-refractivity contribution < 1.29 is 14.3 Å². The smallest absolute Gasteiger partial charge is 0.339 e. The fourth-order valence-electron chi connectivity index (χ4n) is 1.63. The van der Waals surface area contributed by atoms with E-state index in [0.29, 0.717) is 5.82 Å². The molecule has 0 aliphatic rings. The van der Waals surface area contributed by atoms with Gasteiger partial charge in [-0.15, -0.1) is 10.2 Å². The summed E-state index contributed by atoms with van der Waals surface area (Å²) < 4.78 is 14.8. The zero-order valence-electron chi connectivity index (χ0n) is 9.73. The molecule has 0 fully saturated rings. The predicted molar refractivity (Wildman–Crippen MR) is 58.6 cm³/mol. The Labute approximate surface area is 96.9 Å². The van der Waals surface area contributed by atoms with E-state index in [1.54, 1.807) is 0 Å². The highest BCUT2D eigenvalue weighted by molar-refractivity contribution is 5.94. The summed E-state index contributed by atoms with van der Waals surface area (Å²) in [5.41, 5.74) is -0.375. The number of carboxylic acid groups (broad SMARTS) is 1. The lowest BCUT2D eigenvalue weighted by atomic mass is 9.96. The van der Waals surface area contributed by atoms with Gasteiger partial charge in [0, 0.05) is 11.6 Å². The average Bonchev–Trinajstić information content (AvgIpc) is 2.58. The van der Waals surface area contributed by atoms with Gasteiger partial charge in [-0.3, -0.25) is 4.40 Å². The zero-order chi connectivity index (χ0) is 12.8. The van der Waals surface area contributed by atoms with Gasteiger partial charge in [-0.25, -0.2) is 9.18 Å². The van der Waals surface area contributed by atoms with Crippen molar-refractivity contribution in [3.8, 4) is 0 Å². The predicted octanol–water partition coefficient (Wildman–Crippen LogP) is 1.86. The lowest BCUT2D eigenvalue weighted by molar-refractivity contribution is 0.0697. The minimum absolute atomic E-state index is 0.156. The highest BCUT2D eigenvalue weighted by atomic mass is 19.1. The summed E-state index contributed by atoms with van der Waals surface area (Å²) in [6, 6.07) is 0.943. The molecule has 0 saturated heterocycles. The van der Waals surface area contributed by atoms with E-state index in [2.05, 4.69) is 10.2 Å². The third-order valence-corrected chi connectivity index (χ3v) is 2.37. The van der Waals surface area contributed by atoms with E-state index in [1.165, 1.54) is 10.6 Å². The molecule has 0 aliphatic carbocycles. The minimum Gasteiger partial charge on any atom is -0.478 e. The quantitative estimate of drug-likeness (QED) is 0.822. The molecular formula is C11H12FN3O2. The fourth-order valence-corrected chi connectivity index (χ4v) is 1.63. The van der Waals surface area contributed by atoms with Crippen LogP contribution in [0.4, 0.5) is 4.39 Å². The lowest BCUT2D eigenvalue weighted by Gasteiger charge is -2.15. The number of carbonyl (C=O) groups is 1. The molecule has 0 radical (unpaired) electrons. The Kier molecular flexibility index (Phi) is 2.38. The lowest BCUT2D eigenvalue weighted by Crippen LogP contribution is -2.16. The van der Waals surface area contributed by atoms with Gasteiger partial charge in [-0.1, -0.05) is 20.8 Å². The Morgan fingerprint density at radius 2 is 2.06 bits per heavy atom. The molecule has 0 spiro atoms. The molecule has 17 heavy (non-hydrogen) atoms. The van der Waals surface area contributed by atoms with Crippen LogP contribution in [-0.2, 0) is 5.41 Å². The molecule has 0 aromatic carbocycles. The molecule has 1 N–H and O–H groups in total. The summed E-state index contributed by atoms with van der Waals surface area (Å²) in [7, 11) is 0. The van der Waals surface area contributed by atoms with E-state index in [-0.39, 0.29) is 16.6 Å². The number of nitrogens with zero attached hydrogens (tertiary/aromatic N) is 3. The largest absolute Gasteiger partial charge is 0.478 e. The van der Waals surface area contributed by atoms with Gasteiger partial charge < -0.3 is 5.11 Å². The summed E-state index contributed by atoms with van der Waals surface area (Å²) in [4.78, 5) is 11.0. The van der Waals surface area contributed by atoms with Crippen LogP contribution in [0.2, 0.25) is 0 Å². The van der Waals surface area contributed by atoms with Crippen LogP contribution in [0.3, 0.4) is 0 Å². The highest BCUT2D eigenvalue weighted by Gasteiger charge is 2.23. The van der Waals surface area contributed by atoms with Crippen LogP contribution in [0.15, 0.2) is 12.3 Å². The van der Waals surface area contributed by atoms with Crippen molar-refractivity contribution in [3.05, 3.63) is 29.5 Å². The Morgan fingerprint density at radius 3 is 2.59 bits per heavy atom. The number of hydrogen-bond donors (Lipinski definition) is 1. The molecule has 0 saturated carbocycles. The third-order valence-electron chi connectivity index (χ3n) is 2.37. The molecular weight excluding hydrogens is 225 g/mol. The average molecular weight is 237 g/mol. The summed E-state index contributed by atoms with van der Waals surface area (Å²) >= 11 is 0. The van der Waals surface area contributed by atoms with Gasteiger partial charge in [0.1, 0.15) is 17.2 Å². The van der Waals surface area contributed by atoms with Crippen molar-refractivity contribution in [3.63, 3.8) is 0 Å². The number of aromatic carboxylic acids is 1. The maximum atomic E-state index is 13.4. The summed E-state index contributed by atoms with van der Waals surface area (Å²) in [6.07, 6.45) is 1.20. The Bertz CT molecular complexity index is 599. The first-order valence-electron chi connectivity index (χ1n) is 5.09. The highest BCUT2D eigenvalue weighted by Crippen LogP contribution is 2.22. The SMILES string of the molecule is CC(C)(C)c1nnc2c(C(=O)O)cc(F)cn12. The molecule has 0 atom stereocenters. The molecule has 0 aliphatic heterocycles. The Hall–Kier alpha value is -1.98. The molecule has 2 rings (SSSR count). The van der Waals surface area contributed by atoms with Crippen LogP contribution in [0.5, 0.6) is 0 Å². The number of halogens is 1. The van der Waals surface area contributed by atoms with Crippen LogP contribution in [-0.4, -0.2) is 25.7 Å². The Balaban J connectivity index is 2.83. The maximum absolute atomic E-state index is 13.4. The number of carboxylic acids is 1. The second kappa shape index (κ2) is 3.51. The van der Waals surface area contributed by atoms with E-state index in [4.69, 9.17) is 5.11 Å². The molecule has 90 valence electrons. The zero-order valence-corrected chi connectivity index (χ0v) is 9.73. The molecule has 6 heteroatoms. The van der Waals surface area contributed by atoms with E-state index in [0.717, 1.165) is 6.07 Å². The monoisotopic (exact) mass is 237 g/mol. The number of hydrogen-bond acceptors (Lipinski definition) is 3. The summed E-state index contributed by atoms with van der Waals surface area (Å²) in [5, 5.41) is 16.7. The molecule has 2 aromatic heterocycles. The van der Waals surface area contributed by atoms with E-state index >= 15 is 0 Å². The van der Waals surface area contributed by atoms with Crippen LogP contribution in [0.1, 0.15) is 37.0 Å².